The van der Waals surface area contributed by atoms with Gasteiger partial charge in [0.25, 0.3) is 0 Å². The number of nitrogens with two attached hydrogens (primary N) is 1. The minimum absolute atomic E-state index is 0.0484. The lowest BCUT2D eigenvalue weighted by molar-refractivity contribution is -0.119. The van der Waals surface area contributed by atoms with Gasteiger partial charge >= 0.3 is 0 Å². The third-order valence-corrected chi connectivity index (χ3v) is 4.05. The van der Waals surface area contributed by atoms with Crippen molar-refractivity contribution in [2.75, 3.05) is 30.3 Å². The summed E-state index contributed by atoms with van der Waals surface area (Å²) in [6.45, 7) is 4.26. The van der Waals surface area contributed by atoms with Gasteiger partial charge in [0.1, 0.15) is 0 Å². The highest BCUT2D eigenvalue weighted by molar-refractivity contribution is 5.80. The van der Waals surface area contributed by atoms with E-state index >= 15 is 0 Å². The van der Waals surface area contributed by atoms with Crippen LogP contribution in [-0.4, -0.2) is 35.5 Å². The molecule has 1 amide bonds. The number of imidazole rings is 1. The first-order valence-electron chi connectivity index (χ1n) is 7.36. The van der Waals surface area contributed by atoms with Gasteiger partial charge in [0.05, 0.1) is 11.0 Å². The lowest BCUT2D eigenvalue weighted by atomic mass is 9.97. The van der Waals surface area contributed by atoms with Crippen molar-refractivity contribution in [2.45, 2.75) is 19.8 Å². The zero-order valence-electron chi connectivity index (χ0n) is 12.2. The molecule has 0 aliphatic carbocycles. The van der Waals surface area contributed by atoms with Gasteiger partial charge in [-0.05, 0) is 37.0 Å². The number of H-pyrrole nitrogens is 1. The second-order valence-corrected chi connectivity index (χ2v) is 5.70. The Morgan fingerprint density at radius 2 is 2.24 bits per heavy atom. The number of nitrogens with one attached hydrogen (secondary N) is 2. The molecular weight excluding hydrogens is 266 g/mol. The maximum absolute atomic E-state index is 11.0. The van der Waals surface area contributed by atoms with Crippen LogP contribution in [0.3, 0.4) is 0 Å². The van der Waals surface area contributed by atoms with E-state index in [1.54, 1.807) is 6.92 Å². The normalized spacial score (nSPS) is 16.3. The van der Waals surface area contributed by atoms with Gasteiger partial charge in [0.2, 0.25) is 11.9 Å². The molecule has 0 radical (unpaired) electrons. The van der Waals surface area contributed by atoms with Crippen molar-refractivity contribution < 1.29 is 4.79 Å². The van der Waals surface area contributed by atoms with Crippen molar-refractivity contribution in [1.82, 2.24) is 15.3 Å². The van der Waals surface area contributed by atoms with Crippen LogP contribution < -0.4 is 16.0 Å². The fraction of sp³-hybridized carbons (Fsp3) is 0.467. The third-order valence-electron chi connectivity index (χ3n) is 4.05. The molecule has 0 unspecified atom stereocenters. The van der Waals surface area contributed by atoms with E-state index in [0.29, 0.717) is 5.92 Å². The average Bonchev–Trinajstić information content (AvgIpc) is 2.88. The molecule has 1 saturated heterocycles. The van der Waals surface area contributed by atoms with Gasteiger partial charge in [0.15, 0.2) is 0 Å². The van der Waals surface area contributed by atoms with Crippen LogP contribution >= 0.6 is 0 Å². The minimum atomic E-state index is 0.0484. The molecule has 3 rings (SSSR count). The van der Waals surface area contributed by atoms with Crippen LogP contribution in [-0.2, 0) is 4.79 Å². The largest absolute Gasteiger partial charge is 0.399 e. The first-order chi connectivity index (χ1) is 10.1. The predicted molar refractivity (Wildman–Crippen MR) is 84.1 cm³/mol. The summed E-state index contributed by atoms with van der Waals surface area (Å²) in [6.07, 6.45) is 2.14. The van der Waals surface area contributed by atoms with E-state index in [4.69, 9.17) is 5.73 Å². The Morgan fingerprint density at radius 3 is 2.95 bits per heavy atom. The number of hydrogen-bond acceptors (Lipinski definition) is 4. The van der Waals surface area contributed by atoms with E-state index in [9.17, 15) is 4.79 Å². The van der Waals surface area contributed by atoms with Crippen molar-refractivity contribution >= 4 is 28.6 Å². The number of aromatic amines is 1. The standard InChI is InChI=1S/C15H21N5O/c1-10(21)17-9-11-4-6-20(7-5-11)15-18-13-3-2-12(16)8-14(13)19-15/h2-3,8,11H,4-7,9,16H2,1H3,(H,17,21)(H,18,19). The Bertz CT molecular complexity index is 643. The fourth-order valence-corrected chi connectivity index (χ4v) is 2.80. The van der Waals surface area contributed by atoms with E-state index in [2.05, 4.69) is 20.2 Å². The number of benzene rings is 1. The highest BCUT2D eigenvalue weighted by Crippen LogP contribution is 2.24. The highest BCUT2D eigenvalue weighted by Gasteiger charge is 2.21. The number of nitrogen functional groups attached to an aromatic ring is 1. The van der Waals surface area contributed by atoms with Crippen LogP contribution in [0.5, 0.6) is 0 Å². The topological polar surface area (TPSA) is 87.0 Å². The molecule has 1 aliphatic rings. The summed E-state index contributed by atoms with van der Waals surface area (Å²) in [5, 5.41) is 2.90. The Kier molecular flexibility index (Phi) is 3.68. The number of fused-ring (bicyclic) bond motifs is 1. The Morgan fingerprint density at radius 1 is 1.48 bits per heavy atom. The molecule has 1 fully saturated rings. The summed E-state index contributed by atoms with van der Waals surface area (Å²) in [5.74, 6) is 1.52. The number of aromatic nitrogens is 2. The Balaban J connectivity index is 1.64. The molecule has 2 aromatic rings. The second kappa shape index (κ2) is 5.63. The molecule has 1 aromatic heterocycles. The predicted octanol–water partition coefficient (Wildman–Crippen LogP) is 1.50. The molecule has 4 N–H and O–H groups in total. The first kappa shape index (κ1) is 13.7. The van der Waals surface area contributed by atoms with Gasteiger partial charge in [-0.1, -0.05) is 0 Å². The SMILES string of the molecule is CC(=O)NCC1CCN(c2nc3ccc(N)cc3[nH]2)CC1. The van der Waals surface area contributed by atoms with Crippen molar-refractivity contribution in [3.63, 3.8) is 0 Å². The summed E-state index contributed by atoms with van der Waals surface area (Å²) >= 11 is 0. The van der Waals surface area contributed by atoms with Crippen LogP contribution in [0.2, 0.25) is 0 Å². The number of carbonyl (C=O) groups excluding carboxylic acids is 1. The smallest absolute Gasteiger partial charge is 0.216 e. The van der Waals surface area contributed by atoms with Crippen molar-refractivity contribution in [3.8, 4) is 0 Å². The third kappa shape index (κ3) is 3.09. The Labute approximate surface area is 123 Å². The van der Waals surface area contributed by atoms with E-state index < -0.39 is 0 Å². The van der Waals surface area contributed by atoms with Crippen molar-refractivity contribution in [1.29, 1.82) is 0 Å². The minimum Gasteiger partial charge on any atom is -0.399 e. The van der Waals surface area contributed by atoms with Crippen LogP contribution in [0.25, 0.3) is 11.0 Å². The zero-order valence-corrected chi connectivity index (χ0v) is 12.2. The van der Waals surface area contributed by atoms with E-state index in [-0.39, 0.29) is 5.91 Å². The maximum atomic E-state index is 11.0. The van der Waals surface area contributed by atoms with E-state index in [0.717, 1.165) is 55.1 Å². The lowest BCUT2D eigenvalue weighted by Crippen LogP contribution is -2.38. The fourth-order valence-electron chi connectivity index (χ4n) is 2.80. The summed E-state index contributed by atoms with van der Waals surface area (Å²) < 4.78 is 0. The molecule has 1 aliphatic heterocycles. The van der Waals surface area contributed by atoms with Gasteiger partial charge in [-0.2, -0.15) is 0 Å². The van der Waals surface area contributed by atoms with Gasteiger partial charge in [-0.3, -0.25) is 4.79 Å². The average molecular weight is 287 g/mol. The van der Waals surface area contributed by atoms with Gasteiger partial charge in [-0.25, -0.2) is 4.98 Å². The number of hydrogen-bond donors (Lipinski definition) is 3. The van der Waals surface area contributed by atoms with Gasteiger partial charge in [-0.15, -0.1) is 0 Å². The number of anilines is 2. The van der Waals surface area contributed by atoms with Crippen LogP contribution in [0.1, 0.15) is 19.8 Å². The van der Waals surface area contributed by atoms with Crippen LogP contribution in [0.4, 0.5) is 11.6 Å². The first-order valence-corrected chi connectivity index (χ1v) is 7.36. The summed E-state index contributed by atoms with van der Waals surface area (Å²) in [6, 6.07) is 5.72. The number of amides is 1. The quantitative estimate of drug-likeness (QED) is 0.747. The molecule has 6 heteroatoms. The molecule has 0 atom stereocenters. The second-order valence-electron chi connectivity index (χ2n) is 5.70. The monoisotopic (exact) mass is 287 g/mol. The number of nitrogens with zero attached hydrogens (tertiary/aromatic N) is 2. The highest BCUT2D eigenvalue weighted by atomic mass is 16.1. The summed E-state index contributed by atoms with van der Waals surface area (Å²) in [7, 11) is 0. The summed E-state index contributed by atoms with van der Waals surface area (Å²) in [4.78, 5) is 21.2. The molecule has 0 spiro atoms. The zero-order chi connectivity index (χ0) is 14.8. The van der Waals surface area contributed by atoms with Crippen LogP contribution in [0, 0.1) is 5.92 Å². The van der Waals surface area contributed by atoms with Crippen molar-refractivity contribution in [2.24, 2.45) is 5.92 Å². The maximum Gasteiger partial charge on any atom is 0.216 e. The molecule has 0 saturated carbocycles. The molecule has 1 aromatic carbocycles. The molecule has 6 nitrogen and oxygen atoms in total. The van der Waals surface area contributed by atoms with E-state index in [1.807, 2.05) is 18.2 Å². The summed E-state index contributed by atoms with van der Waals surface area (Å²) in [5.41, 5.74) is 8.46. The van der Waals surface area contributed by atoms with E-state index in [1.165, 1.54) is 0 Å². The number of piperidine rings is 1. The molecule has 112 valence electrons. The van der Waals surface area contributed by atoms with Crippen molar-refractivity contribution in [3.05, 3.63) is 18.2 Å². The number of carbonyl (C=O) groups is 1. The number of rotatable bonds is 3. The molecule has 0 bridgehead atoms. The van der Waals surface area contributed by atoms with Crippen LogP contribution in [0.15, 0.2) is 18.2 Å². The Hall–Kier alpha value is -2.24. The molecular formula is C15H21N5O. The molecule has 21 heavy (non-hydrogen) atoms. The van der Waals surface area contributed by atoms with Gasteiger partial charge in [0, 0.05) is 32.2 Å². The van der Waals surface area contributed by atoms with Gasteiger partial charge < -0.3 is 20.9 Å². The lowest BCUT2D eigenvalue weighted by Gasteiger charge is -2.31. The molecule has 2 heterocycles.